The van der Waals surface area contributed by atoms with Crippen LogP contribution in [0.5, 0.6) is 0 Å². The summed E-state index contributed by atoms with van der Waals surface area (Å²) >= 11 is 0. The van der Waals surface area contributed by atoms with Crippen LogP contribution in [-0.4, -0.2) is 16.2 Å². The Morgan fingerprint density at radius 2 is 1.35 bits per heavy atom. The maximum atomic E-state index is 4.15. The van der Waals surface area contributed by atoms with Crippen molar-refractivity contribution in [2.75, 3.05) is 16.8 Å². The first-order valence-electron chi connectivity index (χ1n) is 19.3. The van der Waals surface area contributed by atoms with E-state index in [1.807, 2.05) is 0 Å². The molecule has 9 aromatic rings. The summed E-state index contributed by atoms with van der Waals surface area (Å²) in [6.07, 6.45) is 3.64. The molecule has 1 atom stereocenters. The Morgan fingerprint density at radius 3 is 2.16 bits per heavy atom. The first-order chi connectivity index (χ1) is 27.2. The summed E-state index contributed by atoms with van der Waals surface area (Å²) in [6.45, 7) is 9.08. The van der Waals surface area contributed by atoms with Crippen LogP contribution in [0.3, 0.4) is 0 Å². The van der Waals surface area contributed by atoms with E-state index in [0.717, 1.165) is 50.6 Å². The molecule has 278 valence electrons. The van der Waals surface area contributed by atoms with E-state index >= 15 is 0 Å². The predicted octanol–water partition coefficient (Wildman–Crippen LogP) is 10.7. The van der Waals surface area contributed by atoms with Gasteiger partial charge in [0.2, 0.25) is 6.33 Å². The minimum atomic E-state index is -0.803. The summed E-state index contributed by atoms with van der Waals surface area (Å²) < 4.78 is 6.74. The van der Waals surface area contributed by atoms with Crippen LogP contribution in [0.25, 0.3) is 44.2 Å². The SMILES string of the molecule is CN1[CH-]N(c2[c-]c3c(cc2)-n2c4ccccc4c4cccc(c42)C3(c2[c-]c(-n3[c-][n+](C)c4ccccc43)cc(C(C)(C)C)c2)c2ccccc2)c2ccccc21.[Pt+4]. The number of imidazole rings is 1. The molecule has 0 radical (unpaired) electrons. The Hall–Kier alpha value is -5.90. The van der Waals surface area contributed by atoms with Gasteiger partial charge in [0, 0.05) is 38.6 Å². The summed E-state index contributed by atoms with van der Waals surface area (Å²) in [7, 11) is 4.18. The number of aromatic nitrogens is 3. The van der Waals surface area contributed by atoms with Gasteiger partial charge < -0.3 is 23.5 Å². The van der Waals surface area contributed by atoms with E-state index in [-0.39, 0.29) is 26.5 Å². The standard InChI is InChI=1S/C51H40N5.Pt/c1-50(2,3)35-28-36(30-38(29-35)55-33-53(5)46-23-12-14-25-48(46)55)51(34-16-7-6-8-17-34)41-20-15-19-40-39-18-9-10-21-43(39)56(49(40)41)44-27-26-37(31-42(44)51)54-32-52(4)45-22-11-13-24-47(45)54;/h6-29,32H,1-5H3;/q-3;+4. The van der Waals surface area contributed by atoms with Crippen molar-refractivity contribution in [2.45, 2.75) is 31.6 Å². The Balaban J connectivity index is 0.00000396. The maximum absolute atomic E-state index is 4.15. The van der Waals surface area contributed by atoms with Crippen LogP contribution in [-0.2, 0) is 38.9 Å². The zero-order valence-corrected chi connectivity index (χ0v) is 34.8. The smallest absolute Gasteiger partial charge is 0.504 e. The molecule has 4 heterocycles. The normalized spacial score (nSPS) is 15.9. The number of hydrogen-bond donors (Lipinski definition) is 0. The van der Waals surface area contributed by atoms with Crippen LogP contribution in [0, 0.1) is 25.1 Å². The van der Waals surface area contributed by atoms with Crippen LogP contribution < -0.4 is 14.4 Å². The second-order valence-electron chi connectivity index (χ2n) is 16.3. The van der Waals surface area contributed by atoms with Crippen LogP contribution in [0.2, 0.25) is 0 Å². The molecular weight excluding hydrogens is 878 g/mol. The Kier molecular flexibility index (Phi) is 7.98. The predicted molar refractivity (Wildman–Crippen MR) is 227 cm³/mol. The van der Waals surface area contributed by atoms with E-state index in [0.29, 0.717) is 0 Å². The van der Waals surface area contributed by atoms with E-state index in [1.54, 1.807) is 0 Å². The summed E-state index contributed by atoms with van der Waals surface area (Å²) in [5.74, 6) is 0. The molecule has 0 amide bonds. The van der Waals surface area contributed by atoms with Crippen molar-refractivity contribution in [2.24, 2.45) is 7.05 Å². The van der Waals surface area contributed by atoms with Gasteiger partial charge in [-0.1, -0.05) is 135 Å². The fourth-order valence-electron chi connectivity index (χ4n) is 9.36. The monoisotopic (exact) mass is 917 g/mol. The third kappa shape index (κ3) is 5.01. The molecule has 0 fully saturated rings. The van der Waals surface area contributed by atoms with E-state index in [1.165, 1.54) is 38.5 Å². The fraction of sp³-hybridized carbons (Fsp3) is 0.137. The number of benzene rings is 7. The number of anilines is 3. The van der Waals surface area contributed by atoms with Crippen molar-refractivity contribution in [3.8, 4) is 11.4 Å². The first-order valence-corrected chi connectivity index (χ1v) is 19.3. The minimum Gasteiger partial charge on any atom is -0.504 e. The number of aryl methyl sites for hydroxylation is 1. The molecule has 2 aliphatic heterocycles. The van der Waals surface area contributed by atoms with Gasteiger partial charge in [0.05, 0.1) is 18.1 Å². The molecule has 0 aliphatic carbocycles. The summed E-state index contributed by atoms with van der Waals surface area (Å²) in [6, 6.07) is 61.3. The minimum absolute atomic E-state index is 0. The van der Waals surface area contributed by atoms with Gasteiger partial charge in [-0.25, -0.2) is 0 Å². The van der Waals surface area contributed by atoms with Gasteiger partial charge in [-0.05, 0) is 41.8 Å². The molecule has 0 spiro atoms. The Morgan fingerprint density at radius 1 is 0.649 bits per heavy atom. The van der Waals surface area contributed by atoms with Gasteiger partial charge in [0.25, 0.3) is 0 Å². The number of rotatable bonds is 4. The Bertz CT molecular complexity index is 3040. The van der Waals surface area contributed by atoms with Crippen molar-refractivity contribution >= 4 is 49.9 Å². The molecule has 57 heavy (non-hydrogen) atoms. The molecule has 11 rings (SSSR count). The van der Waals surface area contributed by atoms with Crippen LogP contribution >= 0.6 is 0 Å². The summed E-state index contributed by atoms with van der Waals surface area (Å²) in [5.41, 5.74) is 14.7. The van der Waals surface area contributed by atoms with E-state index in [2.05, 4.69) is 229 Å². The molecule has 7 aromatic carbocycles. The number of fused-ring (bicyclic) bond motifs is 7. The summed E-state index contributed by atoms with van der Waals surface area (Å²) in [4.78, 5) is 4.47. The van der Waals surface area contributed by atoms with Gasteiger partial charge in [-0.2, -0.15) is 42.1 Å². The molecule has 0 bridgehead atoms. The van der Waals surface area contributed by atoms with Gasteiger partial charge in [0.15, 0.2) is 0 Å². The van der Waals surface area contributed by atoms with Crippen molar-refractivity contribution in [3.63, 3.8) is 0 Å². The number of hydrogen-bond acceptors (Lipinski definition) is 2. The molecule has 6 heteroatoms. The van der Waals surface area contributed by atoms with Crippen LogP contribution in [0.4, 0.5) is 17.1 Å². The topological polar surface area (TPSA) is 20.2 Å². The van der Waals surface area contributed by atoms with Crippen molar-refractivity contribution < 1.29 is 25.6 Å². The third-order valence-electron chi connectivity index (χ3n) is 12.0. The van der Waals surface area contributed by atoms with E-state index in [9.17, 15) is 0 Å². The van der Waals surface area contributed by atoms with E-state index < -0.39 is 5.41 Å². The van der Waals surface area contributed by atoms with Crippen LogP contribution in [0.1, 0.15) is 48.6 Å². The second-order valence-corrected chi connectivity index (χ2v) is 16.3. The zero-order chi connectivity index (χ0) is 37.9. The average Bonchev–Trinajstić information content (AvgIpc) is 3.87. The number of para-hydroxylation sites is 6. The van der Waals surface area contributed by atoms with Crippen molar-refractivity contribution in [1.82, 2.24) is 9.13 Å². The molecular formula is C51H40N5Pt+. The van der Waals surface area contributed by atoms with Crippen molar-refractivity contribution in [3.05, 3.63) is 199 Å². The average molecular weight is 918 g/mol. The molecule has 0 saturated carbocycles. The van der Waals surface area contributed by atoms with Crippen LogP contribution in [0.15, 0.2) is 146 Å². The van der Waals surface area contributed by atoms with E-state index in [4.69, 9.17) is 0 Å². The molecule has 2 aromatic heterocycles. The second kappa shape index (κ2) is 12.8. The van der Waals surface area contributed by atoms with Gasteiger partial charge in [-0.3, -0.25) is 0 Å². The molecule has 5 nitrogen and oxygen atoms in total. The summed E-state index contributed by atoms with van der Waals surface area (Å²) in [5, 5.41) is 2.47. The molecule has 1 unspecified atom stereocenters. The van der Waals surface area contributed by atoms with Crippen molar-refractivity contribution in [1.29, 1.82) is 0 Å². The molecule has 2 aliphatic rings. The quantitative estimate of drug-likeness (QED) is 0.130. The number of nitrogens with zero attached hydrogens (tertiary/aromatic N) is 5. The Labute approximate surface area is 348 Å². The third-order valence-corrected chi connectivity index (χ3v) is 12.0. The largest absolute Gasteiger partial charge is 4.00 e. The zero-order valence-electron chi connectivity index (χ0n) is 32.5. The van der Waals surface area contributed by atoms with Gasteiger partial charge in [-0.15, -0.1) is 23.4 Å². The van der Waals surface area contributed by atoms with Gasteiger partial charge in [0.1, 0.15) is 0 Å². The maximum Gasteiger partial charge on any atom is 4.00 e. The van der Waals surface area contributed by atoms with Gasteiger partial charge >= 0.3 is 21.1 Å². The molecule has 0 saturated heterocycles. The first kappa shape index (κ1) is 35.5. The molecule has 0 N–H and O–H groups in total. The fourth-order valence-corrected chi connectivity index (χ4v) is 9.36.